The minimum atomic E-state index is -4.30. The number of unbranched alkanes of at least 4 members (excludes halogenated alkanes) is 1. The van der Waals surface area contributed by atoms with E-state index >= 15 is 0 Å². The third kappa shape index (κ3) is 4.75. The first-order valence-electron chi connectivity index (χ1n) is 5.51. The van der Waals surface area contributed by atoms with E-state index in [0.29, 0.717) is 12.8 Å². The minimum absolute atomic E-state index is 0.00367. The monoisotopic (exact) mass is 247 g/mol. The first-order chi connectivity index (χ1) is 8.05. The van der Waals surface area contributed by atoms with Gasteiger partial charge in [0.05, 0.1) is 0 Å². The Labute approximate surface area is 98.5 Å². The number of hydrogen-bond donors (Lipinski definition) is 2. The van der Waals surface area contributed by atoms with E-state index in [2.05, 4.69) is 5.32 Å². The zero-order chi connectivity index (χ0) is 12.7. The molecule has 1 rings (SSSR count). The second-order valence-electron chi connectivity index (χ2n) is 3.77. The molecule has 5 heteroatoms. The van der Waals surface area contributed by atoms with Crippen LogP contribution < -0.4 is 5.32 Å². The molecule has 1 aromatic rings. The van der Waals surface area contributed by atoms with Gasteiger partial charge in [-0.25, -0.2) is 0 Å². The minimum Gasteiger partial charge on any atom is -0.396 e. The topological polar surface area (TPSA) is 32.3 Å². The van der Waals surface area contributed by atoms with Crippen LogP contribution in [0, 0.1) is 0 Å². The van der Waals surface area contributed by atoms with Crippen LogP contribution in [0.2, 0.25) is 0 Å². The Bertz CT molecular complexity index is 313. The van der Waals surface area contributed by atoms with Crippen molar-refractivity contribution in [2.75, 3.05) is 13.2 Å². The van der Waals surface area contributed by atoms with E-state index in [1.54, 1.807) is 18.2 Å². The molecular formula is C12H16F3NO. The number of nitrogens with one attached hydrogen (secondary N) is 1. The van der Waals surface area contributed by atoms with E-state index in [0.717, 1.165) is 0 Å². The van der Waals surface area contributed by atoms with Crippen molar-refractivity contribution in [3.8, 4) is 0 Å². The van der Waals surface area contributed by atoms with E-state index in [9.17, 15) is 13.2 Å². The second-order valence-corrected chi connectivity index (χ2v) is 3.77. The Morgan fingerprint density at radius 3 is 2.29 bits per heavy atom. The van der Waals surface area contributed by atoms with Crippen molar-refractivity contribution in [2.24, 2.45) is 0 Å². The Balaban J connectivity index is 2.63. The average Bonchev–Trinajstić information content (AvgIpc) is 2.28. The predicted molar refractivity (Wildman–Crippen MR) is 59.6 cm³/mol. The van der Waals surface area contributed by atoms with Gasteiger partial charge in [-0.05, 0) is 24.9 Å². The summed E-state index contributed by atoms with van der Waals surface area (Å²) in [5.41, 5.74) is 0.212. The summed E-state index contributed by atoms with van der Waals surface area (Å²) in [5.74, 6) is 0. The summed E-state index contributed by atoms with van der Waals surface area (Å²) in [5, 5.41) is 11.0. The van der Waals surface area contributed by atoms with E-state index in [-0.39, 0.29) is 18.7 Å². The molecule has 2 nitrogen and oxygen atoms in total. The zero-order valence-corrected chi connectivity index (χ0v) is 9.37. The van der Waals surface area contributed by atoms with Crippen LogP contribution in [-0.4, -0.2) is 24.4 Å². The Morgan fingerprint density at radius 1 is 1.12 bits per heavy atom. The highest BCUT2D eigenvalue weighted by Gasteiger charge is 2.40. The molecule has 0 amide bonds. The third-order valence-corrected chi connectivity index (χ3v) is 2.39. The van der Waals surface area contributed by atoms with Gasteiger partial charge in [0.15, 0.2) is 0 Å². The molecule has 0 saturated carbocycles. The normalized spacial score (nSPS) is 13.6. The molecule has 0 aliphatic carbocycles. The molecule has 96 valence electrons. The predicted octanol–water partition coefficient (Wildman–Crippen LogP) is 2.65. The van der Waals surface area contributed by atoms with Gasteiger partial charge in [-0.1, -0.05) is 30.3 Å². The molecule has 0 bridgehead atoms. The van der Waals surface area contributed by atoms with Crippen LogP contribution in [0.5, 0.6) is 0 Å². The van der Waals surface area contributed by atoms with Crippen molar-refractivity contribution in [2.45, 2.75) is 25.1 Å². The lowest BCUT2D eigenvalue weighted by Gasteiger charge is -2.22. The summed E-state index contributed by atoms with van der Waals surface area (Å²) in [6.07, 6.45) is -3.27. The first kappa shape index (κ1) is 14.0. The maximum absolute atomic E-state index is 12.8. The van der Waals surface area contributed by atoms with E-state index < -0.39 is 12.2 Å². The van der Waals surface area contributed by atoms with Crippen LogP contribution >= 0.6 is 0 Å². The number of rotatable bonds is 6. The second kappa shape index (κ2) is 6.61. The molecule has 0 saturated heterocycles. The van der Waals surface area contributed by atoms with Crippen LogP contribution in [0.15, 0.2) is 30.3 Å². The van der Waals surface area contributed by atoms with Gasteiger partial charge in [0.25, 0.3) is 0 Å². The third-order valence-electron chi connectivity index (χ3n) is 2.39. The van der Waals surface area contributed by atoms with Crippen molar-refractivity contribution in [3.05, 3.63) is 35.9 Å². The summed E-state index contributed by atoms with van der Waals surface area (Å²) in [6.45, 7) is 0.239. The standard InChI is InChI=1S/C12H16F3NO/c13-12(14,15)11(16-8-4-5-9-17)10-6-2-1-3-7-10/h1-3,6-7,11,16-17H,4-5,8-9H2. The van der Waals surface area contributed by atoms with Crippen molar-refractivity contribution in [3.63, 3.8) is 0 Å². The van der Waals surface area contributed by atoms with Gasteiger partial charge in [0.1, 0.15) is 6.04 Å². The molecule has 1 atom stereocenters. The van der Waals surface area contributed by atoms with E-state index in [1.165, 1.54) is 12.1 Å². The van der Waals surface area contributed by atoms with Crippen molar-refractivity contribution < 1.29 is 18.3 Å². The van der Waals surface area contributed by atoms with Gasteiger partial charge >= 0.3 is 6.18 Å². The molecule has 0 aromatic heterocycles. The molecule has 0 radical (unpaired) electrons. The largest absolute Gasteiger partial charge is 0.407 e. The summed E-state index contributed by atoms with van der Waals surface area (Å²) in [6, 6.07) is 6.13. The first-order valence-corrected chi connectivity index (χ1v) is 5.51. The number of aliphatic hydroxyl groups is 1. The number of aliphatic hydroxyl groups excluding tert-OH is 1. The molecule has 0 aliphatic heterocycles. The molecular weight excluding hydrogens is 231 g/mol. The lowest BCUT2D eigenvalue weighted by molar-refractivity contribution is -0.157. The zero-order valence-electron chi connectivity index (χ0n) is 9.37. The fraction of sp³-hybridized carbons (Fsp3) is 0.500. The smallest absolute Gasteiger partial charge is 0.396 e. The van der Waals surface area contributed by atoms with Crippen molar-refractivity contribution >= 4 is 0 Å². The van der Waals surface area contributed by atoms with Crippen molar-refractivity contribution in [1.29, 1.82) is 0 Å². The van der Waals surface area contributed by atoms with Gasteiger partial charge in [-0.2, -0.15) is 13.2 Å². The van der Waals surface area contributed by atoms with E-state index in [1.807, 2.05) is 0 Å². The molecule has 17 heavy (non-hydrogen) atoms. The molecule has 1 unspecified atom stereocenters. The Morgan fingerprint density at radius 2 is 1.76 bits per heavy atom. The number of hydrogen-bond acceptors (Lipinski definition) is 2. The van der Waals surface area contributed by atoms with Gasteiger partial charge in [0, 0.05) is 6.61 Å². The van der Waals surface area contributed by atoms with Crippen LogP contribution in [0.1, 0.15) is 24.4 Å². The summed E-state index contributed by atoms with van der Waals surface area (Å²) >= 11 is 0. The molecule has 0 heterocycles. The lowest BCUT2D eigenvalue weighted by atomic mass is 10.1. The quantitative estimate of drug-likeness (QED) is 0.757. The summed E-state index contributed by atoms with van der Waals surface area (Å²) in [7, 11) is 0. The van der Waals surface area contributed by atoms with Crippen LogP contribution in [0.3, 0.4) is 0 Å². The maximum atomic E-state index is 12.8. The molecule has 0 spiro atoms. The fourth-order valence-corrected chi connectivity index (χ4v) is 1.55. The SMILES string of the molecule is OCCCCNC(c1ccccc1)C(F)(F)F. The molecule has 2 N–H and O–H groups in total. The highest BCUT2D eigenvalue weighted by Crippen LogP contribution is 2.32. The van der Waals surface area contributed by atoms with Crippen LogP contribution in [0.25, 0.3) is 0 Å². The van der Waals surface area contributed by atoms with E-state index in [4.69, 9.17) is 5.11 Å². The number of benzene rings is 1. The number of alkyl halides is 3. The highest BCUT2D eigenvalue weighted by atomic mass is 19.4. The Kier molecular flexibility index (Phi) is 5.44. The van der Waals surface area contributed by atoms with Gasteiger partial charge in [-0.15, -0.1) is 0 Å². The fourth-order valence-electron chi connectivity index (χ4n) is 1.55. The highest BCUT2D eigenvalue weighted by molar-refractivity contribution is 5.20. The van der Waals surface area contributed by atoms with Gasteiger partial charge in [0.2, 0.25) is 0 Å². The molecule has 1 aromatic carbocycles. The summed E-state index contributed by atoms with van der Waals surface area (Å²) in [4.78, 5) is 0. The van der Waals surface area contributed by atoms with Gasteiger partial charge in [-0.3, -0.25) is 0 Å². The summed E-state index contributed by atoms with van der Waals surface area (Å²) < 4.78 is 38.4. The molecule has 0 fully saturated rings. The van der Waals surface area contributed by atoms with Gasteiger partial charge < -0.3 is 10.4 Å². The van der Waals surface area contributed by atoms with Crippen LogP contribution in [0.4, 0.5) is 13.2 Å². The maximum Gasteiger partial charge on any atom is 0.407 e. The van der Waals surface area contributed by atoms with Crippen LogP contribution in [-0.2, 0) is 0 Å². The average molecular weight is 247 g/mol. The molecule has 0 aliphatic rings. The number of halogens is 3. The van der Waals surface area contributed by atoms with Crippen molar-refractivity contribution in [1.82, 2.24) is 5.32 Å². The Hall–Kier alpha value is -1.07. The lowest BCUT2D eigenvalue weighted by Crippen LogP contribution is -2.34.